The van der Waals surface area contributed by atoms with Crippen LogP contribution in [0.2, 0.25) is 0 Å². The Kier molecular flexibility index (Phi) is 8.13. The number of nitro groups is 1. The predicted molar refractivity (Wildman–Crippen MR) is 119 cm³/mol. The predicted octanol–water partition coefficient (Wildman–Crippen LogP) is 4.43. The van der Waals surface area contributed by atoms with Crippen molar-refractivity contribution in [2.75, 3.05) is 11.9 Å². The Morgan fingerprint density at radius 2 is 1.45 bits per heavy atom. The van der Waals surface area contributed by atoms with Crippen LogP contribution in [-0.4, -0.2) is 17.4 Å². The molecule has 3 rings (SSSR count). The molecule has 0 aliphatic heterocycles. The van der Waals surface area contributed by atoms with Crippen LogP contribution in [0, 0.1) is 10.1 Å². The summed E-state index contributed by atoms with van der Waals surface area (Å²) < 4.78 is 5.73. The van der Waals surface area contributed by atoms with Crippen molar-refractivity contribution in [3.05, 3.63) is 106 Å². The summed E-state index contributed by atoms with van der Waals surface area (Å²) in [5, 5.41) is 16.8. The fraction of sp³-hybridized carbons (Fsp3) is 0.208. The van der Waals surface area contributed by atoms with Gasteiger partial charge in [0.15, 0.2) is 0 Å². The summed E-state index contributed by atoms with van der Waals surface area (Å²) in [7, 11) is 0. The molecule has 2 N–H and O–H groups in total. The number of carbonyl (C=O) groups excluding carboxylic acids is 1. The Labute approximate surface area is 181 Å². The maximum atomic E-state index is 12.1. The topological polar surface area (TPSA) is 93.5 Å². The monoisotopic (exact) mass is 419 g/mol. The van der Waals surface area contributed by atoms with Crippen LogP contribution < -0.4 is 10.6 Å². The average molecular weight is 419 g/mol. The minimum atomic E-state index is -0.446. The average Bonchev–Trinajstić information content (AvgIpc) is 2.79. The number of carbonyl (C=O) groups is 1. The van der Waals surface area contributed by atoms with E-state index in [0.29, 0.717) is 32.0 Å². The second-order valence-corrected chi connectivity index (χ2v) is 7.02. The van der Waals surface area contributed by atoms with Gasteiger partial charge in [0.05, 0.1) is 18.1 Å². The molecule has 0 aromatic heterocycles. The third kappa shape index (κ3) is 7.24. The number of ether oxygens (including phenoxy) is 1. The molecular weight excluding hydrogens is 394 g/mol. The van der Waals surface area contributed by atoms with Gasteiger partial charge in [0.1, 0.15) is 5.69 Å². The SMILES string of the molecule is O=C(CCNc1ccccc1[N+](=O)[O-])NCc1ccc(COCc2ccccc2)cc1. The van der Waals surface area contributed by atoms with Gasteiger partial charge in [-0.1, -0.05) is 66.7 Å². The highest BCUT2D eigenvalue weighted by Gasteiger charge is 2.12. The fourth-order valence-corrected chi connectivity index (χ4v) is 3.00. The summed E-state index contributed by atoms with van der Waals surface area (Å²) in [5.74, 6) is -0.124. The van der Waals surface area contributed by atoms with E-state index in [0.717, 1.165) is 16.7 Å². The first-order chi connectivity index (χ1) is 15.1. The molecule has 1 amide bonds. The number of amides is 1. The van der Waals surface area contributed by atoms with Crippen LogP contribution in [-0.2, 0) is 29.3 Å². The van der Waals surface area contributed by atoms with E-state index in [1.165, 1.54) is 6.07 Å². The van der Waals surface area contributed by atoms with Crippen molar-refractivity contribution in [2.24, 2.45) is 0 Å². The zero-order valence-electron chi connectivity index (χ0n) is 17.1. The maximum absolute atomic E-state index is 12.1. The molecule has 3 aromatic rings. The Balaban J connectivity index is 1.36. The Hall–Kier alpha value is -3.71. The summed E-state index contributed by atoms with van der Waals surface area (Å²) in [6.45, 7) is 1.83. The van der Waals surface area contributed by atoms with Crippen molar-refractivity contribution < 1.29 is 14.5 Å². The molecule has 0 saturated heterocycles. The number of nitro benzene ring substituents is 1. The second kappa shape index (κ2) is 11.5. The third-order valence-corrected chi connectivity index (χ3v) is 4.66. The van der Waals surface area contributed by atoms with Crippen LogP contribution in [0.4, 0.5) is 11.4 Å². The normalized spacial score (nSPS) is 10.5. The number of benzene rings is 3. The van der Waals surface area contributed by atoms with Crippen LogP contribution in [0.3, 0.4) is 0 Å². The lowest BCUT2D eigenvalue weighted by Gasteiger charge is -2.09. The van der Waals surface area contributed by atoms with Gasteiger partial charge in [-0.3, -0.25) is 14.9 Å². The van der Waals surface area contributed by atoms with E-state index in [-0.39, 0.29) is 18.0 Å². The van der Waals surface area contributed by atoms with Crippen LogP contribution in [0.5, 0.6) is 0 Å². The Morgan fingerprint density at radius 3 is 2.16 bits per heavy atom. The highest BCUT2D eigenvalue weighted by molar-refractivity contribution is 5.76. The van der Waals surface area contributed by atoms with Gasteiger partial charge >= 0.3 is 0 Å². The molecule has 0 aliphatic carbocycles. The molecule has 0 fully saturated rings. The van der Waals surface area contributed by atoms with Gasteiger partial charge in [0.2, 0.25) is 5.91 Å². The zero-order valence-corrected chi connectivity index (χ0v) is 17.1. The minimum absolute atomic E-state index is 0.00394. The van der Waals surface area contributed by atoms with Crippen LogP contribution in [0.25, 0.3) is 0 Å². The number of anilines is 1. The molecule has 0 atom stereocenters. The number of nitrogens with zero attached hydrogens (tertiary/aromatic N) is 1. The van der Waals surface area contributed by atoms with E-state index >= 15 is 0 Å². The van der Waals surface area contributed by atoms with Gasteiger partial charge in [-0.2, -0.15) is 0 Å². The molecule has 7 heteroatoms. The molecule has 160 valence electrons. The zero-order chi connectivity index (χ0) is 21.9. The number of hydrogen-bond donors (Lipinski definition) is 2. The smallest absolute Gasteiger partial charge is 0.292 e. The van der Waals surface area contributed by atoms with Crippen molar-refractivity contribution in [1.82, 2.24) is 5.32 Å². The molecule has 31 heavy (non-hydrogen) atoms. The van der Waals surface area contributed by atoms with E-state index in [9.17, 15) is 14.9 Å². The van der Waals surface area contributed by atoms with Crippen LogP contribution in [0.1, 0.15) is 23.1 Å². The van der Waals surface area contributed by atoms with Gasteiger partial charge in [-0.05, 0) is 22.8 Å². The molecular formula is C24H25N3O4. The molecule has 0 bridgehead atoms. The van der Waals surface area contributed by atoms with E-state index in [1.54, 1.807) is 18.2 Å². The maximum Gasteiger partial charge on any atom is 0.292 e. The lowest BCUT2D eigenvalue weighted by Crippen LogP contribution is -2.24. The number of hydrogen-bond acceptors (Lipinski definition) is 5. The largest absolute Gasteiger partial charge is 0.379 e. The van der Waals surface area contributed by atoms with Crippen molar-refractivity contribution in [1.29, 1.82) is 0 Å². The molecule has 0 radical (unpaired) electrons. The molecule has 0 heterocycles. The highest BCUT2D eigenvalue weighted by Crippen LogP contribution is 2.22. The molecule has 0 aliphatic rings. The summed E-state index contributed by atoms with van der Waals surface area (Å²) in [6.07, 6.45) is 0.220. The fourth-order valence-electron chi connectivity index (χ4n) is 3.00. The third-order valence-electron chi connectivity index (χ3n) is 4.66. The first kappa shape index (κ1) is 22.0. The van der Waals surface area contributed by atoms with Gasteiger partial charge in [0, 0.05) is 25.6 Å². The second-order valence-electron chi connectivity index (χ2n) is 7.02. The lowest BCUT2D eigenvalue weighted by molar-refractivity contribution is -0.384. The summed E-state index contributed by atoms with van der Waals surface area (Å²) in [5.41, 5.74) is 3.60. The quantitative estimate of drug-likeness (QED) is 0.354. The summed E-state index contributed by atoms with van der Waals surface area (Å²) >= 11 is 0. The van der Waals surface area contributed by atoms with E-state index in [2.05, 4.69) is 10.6 Å². The van der Waals surface area contributed by atoms with Crippen LogP contribution >= 0.6 is 0 Å². The van der Waals surface area contributed by atoms with E-state index in [4.69, 9.17) is 4.74 Å². The summed E-state index contributed by atoms with van der Waals surface area (Å²) in [4.78, 5) is 22.6. The lowest BCUT2D eigenvalue weighted by atomic mass is 10.1. The van der Waals surface area contributed by atoms with Gasteiger partial charge < -0.3 is 15.4 Å². The van der Waals surface area contributed by atoms with Gasteiger partial charge in [-0.15, -0.1) is 0 Å². The van der Waals surface area contributed by atoms with Crippen molar-refractivity contribution in [3.8, 4) is 0 Å². The van der Waals surface area contributed by atoms with Gasteiger partial charge in [-0.25, -0.2) is 0 Å². The first-order valence-electron chi connectivity index (χ1n) is 10.1. The van der Waals surface area contributed by atoms with E-state index < -0.39 is 4.92 Å². The van der Waals surface area contributed by atoms with Crippen LogP contribution in [0.15, 0.2) is 78.9 Å². The number of nitrogens with one attached hydrogen (secondary N) is 2. The standard InChI is InChI=1S/C24H25N3O4/c28-24(14-15-25-22-8-4-5-9-23(22)27(29)30)26-16-19-10-12-21(13-11-19)18-31-17-20-6-2-1-3-7-20/h1-13,25H,14-18H2,(H,26,28). The molecule has 7 nitrogen and oxygen atoms in total. The molecule has 0 saturated carbocycles. The van der Waals surface area contributed by atoms with Crippen molar-refractivity contribution in [3.63, 3.8) is 0 Å². The first-order valence-corrected chi connectivity index (χ1v) is 10.1. The molecule has 0 unspecified atom stereocenters. The van der Waals surface area contributed by atoms with E-state index in [1.807, 2.05) is 54.6 Å². The minimum Gasteiger partial charge on any atom is -0.379 e. The van der Waals surface area contributed by atoms with Gasteiger partial charge in [0.25, 0.3) is 5.69 Å². The molecule has 0 spiro atoms. The molecule has 3 aromatic carbocycles. The Morgan fingerprint density at radius 1 is 0.839 bits per heavy atom. The highest BCUT2D eigenvalue weighted by atomic mass is 16.6. The van der Waals surface area contributed by atoms with Crippen molar-refractivity contribution in [2.45, 2.75) is 26.2 Å². The van der Waals surface area contributed by atoms with Crippen molar-refractivity contribution >= 4 is 17.3 Å². The Bertz CT molecular complexity index is 991. The number of para-hydroxylation sites is 2. The number of rotatable bonds is 11. The summed E-state index contributed by atoms with van der Waals surface area (Å²) in [6, 6.07) is 24.3.